The largest absolute Gasteiger partial charge is 0.460 e. The normalized spacial score (nSPS) is 18.0. The van der Waals surface area contributed by atoms with Crippen molar-refractivity contribution in [1.82, 2.24) is 4.98 Å². The van der Waals surface area contributed by atoms with Crippen molar-refractivity contribution in [2.75, 3.05) is 0 Å². The molecule has 0 saturated carbocycles. The molecule has 0 aliphatic heterocycles. The van der Waals surface area contributed by atoms with Crippen molar-refractivity contribution in [1.29, 1.82) is 0 Å². The third kappa shape index (κ3) is 3.15. The van der Waals surface area contributed by atoms with Crippen molar-refractivity contribution in [3.05, 3.63) is 33.9 Å². The van der Waals surface area contributed by atoms with Crippen molar-refractivity contribution in [3.8, 4) is 0 Å². The highest BCUT2D eigenvalue weighted by Crippen LogP contribution is 2.35. The van der Waals surface area contributed by atoms with Gasteiger partial charge in [-0.05, 0) is 63.3 Å². The molecule has 112 valence electrons. The van der Waals surface area contributed by atoms with Gasteiger partial charge in [-0.2, -0.15) is 0 Å². The van der Waals surface area contributed by atoms with Gasteiger partial charge in [-0.3, -0.25) is 4.79 Å². The smallest absolute Gasteiger partial charge is 0.306 e. The molecular formula is C17H20BrNO2. The van der Waals surface area contributed by atoms with E-state index >= 15 is 0 Å². The lowest BCUT2D eigenvalue weighted by Crippen LogP contribution is -2.25. The van der Waals surface area contributed by atoms with E-state index in [1.807, 2.05) is 26.8 Å². The Kier molecular flexibility index (Phi) is 3.60. The van der Waals surface area contributed by atoms with Crippen LogP contribution in [-0.2, 0) is 22.4 Å². The molecule has 0 fully saturated rings. The van der Waals surface area contributed by atoms with E-state index in [0.717, 1.165) is 17.3 Å². The van der Waals surface area contributed by atoms with Crippen LogP contribution in [-0.4, -0.2) is 16.6 Å². The van der Waals surface area contributed by atoms with E-state index < -0.39 is 5.60 Å². The zero-order valence-electron chi connectivity index (χ0n) is 12.6. The number of nitrogens with one attached hydrogen (secondary N) is 1. The molecule has 0 bridgehead atoms. The predicted molar refractivity (Wildman–Crippen MR) is 87.4 cm³/mol. The summed E-state index contributed by atoms with van der Waals surface area (Å²) in [5, 5.41) is 1.27. The quantitative estimate of drug-likeness (QED) is 0.817. The number of aromatic amines is 1. The second kappa shape index (κ2) is 5.16. The molecule has 1 N–H and O–H groups in total. The molecule has 0 saturated heterocycles. The van der Waals surface area contributed by atoms with Gasteiger partial charge < -0.3 is 9.72 Å². The first kappa shape index (κ1) is 14.6. The van der Waals surface area contributed by atoms with Gasteiger partial charge >= 0.3 is 5.97 Å². The number of hydrogen-bond donors (Lipinski definition) is 1. The van der Waals surface area contributed by atoms with Crippen LogP contribution in [0.5, 0.6) is 0 Å². The number of H-pyrrole nitrogens is 1. The molecule has 1 atom stereocenters. The number of esters is 1. The summed E-state index contributed by atoms with van der Waals surface area (Å²) in [6, 6.07) is 6.30. The van der Waals surface area contributed by atoms with Gasteiger partial charge in [0.1, 0.15) is 5.60 Å². The van der Waals surface area contributed by atoms with Gasteiger partial charge in [-0.15, -0.1) is 0 Å². The molecule has 1 aromatic heterocycles. The summed E-state index contributed by atoms with van der Waals surface area (Å²) in [4.78, 5) is 15.4. The topological polar surface area (TPSA) is 42.1 Å². The van der Waals surface area contributed by atoms with Crippen LogP contribution in [0.25, 0.3) is 10.9 Å². The number of ether oxygens (including phenoxy) is 1. The van der Waals surface area contributed by atoms with E-state index in [4.69, 9.17) is 4.74 Å². The van der Waals surface area contributed by atoms with Crippen molar-refractivity contribution in [3.63, 3.8) is 0 Å². The Bertz CT molecular complexity index is 697. The average molecular weight is 350 g/mol. The van der Waals surface area contributed by atoms with Crippen LogP contribution in [0.15, 0.2) is 22.7 Å². The zero-order valence-corrected chi connectivity index (χ0v) is 14.2. The summed E-state index contributed by atoms with van der Waals surface area (Å²) in [7, 11) is 0. The number of aromatic nitrogens is 1. The van der Waals surface area contributed by atoms with Crippen LogP contribution in [0.1, 0.15) is 38.4 Å². The van der Waals surface area contributed by atoms with E-state index in [9.17, 15) is 4.79 Å². The molecule has 0 amide bonds. The molecule has 0 radical (unpaired) electrons. The number of carbonyl (C=O) groups is 1. The Balaban J connectivity index is 1.73. The fourth-order valence-corrected chi connectivity index (χ4v) is 3.46. The molecule has 3 nitrogen and oxygen atoms in total. The van der Waals surface area contributed by atoms with Crippen molar-refractivity contribution in [2.45, 2.75) is 45.6 Å². The Morgan fingerprint density at radius 2 is 2.14 bits per heavy atom. The molecule has 21 heavy (non-hydrogen) atoms. The number of fused-ring (bicyclic) bond motifs is 3. The maximum absolute atomic E-state index is 12.0. The Hall–Kier alpha value is -1.29. The van der Waals surface area contributed by atoms with E-state index in [2.05, 4.69) is 33.0 Å². The van der Waals surface area contributed by atoms with Gasteiger partial charge in [-0.1, -0.05) is 15.9 Å². The van der Waals surface area contributed by atoms with E-state index in [0.29, 0.717) is 12.3 Å². The minimum atomic E-state index is -0.401. The summed E-state index contributed by atoms with van der Waals surface area (Å²) in [6.45, 7) is 5.73. The lowest BCUT2D eigenvalue weighted by Gasteiger charge is -2.20. The minimum Gasteiger partial charge on any atom is -0.460 e. The van der Waals surface area contributed by atoms with Gasteiger partial charge in [0.2, 0.25) is 0 Å². The highest BCUT2D eigenvalue weighted by molar-refractivity contribution is 9.10. The van der Waals surface area contributed by atoms with E-state index in [1.165, 1.54) is 22.2 Å². The molecule has 4 heteroatoms. The third-order valence-electron chi connectivity index (χ3n) is 3.82. The Morgan fingerprint density at radius 1 is 1.38 bits per heavy atom. The van der Waals surface area contributed by atoms with Gasteiger partial charge in [0.05, 0.1) is 0 Å². The number of halogens is 1. The minimum absolute atomic E-state index is 0.0943. The number of hydrogen-bond acceptors (Lipinski definition) is 2. The summed E-state index contributed by atoms with van der Waals surface area (Å²) in [5.74, 6) is 0.257. The second-order valence-electron chi connectivity index (χ2n) is 6.84. The summed E-state index contributed by atoms with van der Waals surface area (Å²) in [5.41, 5.74) is 3.41. The van der Waals surface area contributed by atoms with Crippen LogP contribution < -0.4 is 0 Å². The number of rotatable bonds is 2. The second-order valence-corrected chi connectivity index (χ2v) is 7.75. The fourth-order valence-electron chi connectivity index (χ4n) is 3.10. The SMILES string of the molecule is CC(C)(C)OC(=O)CC1Cc2[nH]c3ccc(Br)cc3c2C1. The monoisotopic (exact) mass is 349 g/mol. The van der Waals surface area contributed by atoms with Crippen molar-refractivity contribution >= 4 is 32.8 Å². The van der Waals surface area contributed by atoms with Gasteiger partial charge in [0, 0.05) is 27.5 Å². The molecular weight excluding hydrogens is 330 g/mol. The number of carbonyl (C=O) groups excluding carboxylic acids is 1. The third-order valence-corrected chi connectivity index (χ3v) is 4.31. The first-order valence-electron chi connectivity index (χ1n) is 7.32. The van der Waals surface area contributed by atoms with Gasteiger partial charge in [-0.25, -0.2) is 0 Å². The van der Waals surface area contributed by atoms with Crippen molar-refractivity contribution < 1.29 is 9.53 Å². The molecule has 1 aliphatic carbocycles. The molecule has 2 aromatic rings. The van der Waals surface area contributed by atoms with E-state index in [-0.39, 0.29) is 5.97 Å². The van der Waals surface area contributed by atoms with Gasteiger partial charge in [0.15, 0.2) is 0 Å². The maximum Gasteiger partial charge on any atom is 0.306 e. The van der Waals surface area contributed by atoms with Crippen LogP contribution in [0.2, 0.25) is 0 Å². The first-order valence-corrected chi connectivity index (χ1v) is 8.12. The fraction of sp³-hybridized carbons (Fsp3) is 0.471. The van der Waals surface area contributed by atoms with Crippen LogP contribution in [0.3, 0.4) is 0 Å². The molecule has 1 aliphatic rings. The van der Waals surface area contributed by atoms with Crippen LogP contribution >= 0.6 is 15.9 Å². The maximum atomic E-state index is 12.0. The van der Waals surface area contributed by atoms with E-state index in [1.54, 1.807) is 0 Å². The standard InChI is InChI=1S/C17H20BrNO2/c1-17(2,3)21-16(20)8-10-6-12-13-9-11(18)4-5-14(13)19-15(12)7-10/h4-5,9-10,19H,6-8H2,1-3H3. The lowest BCUT2D eigenvalue weighted by molar-refractivity contribution is -0.155. The first-order chi connectivity index (χ1) is 9.82. The number of benzene rings is 1. The highest BCUT2D eigenvalue weighted by Gasteiger charge is 2.28. The lowest BCUT2D eigenvalue weighted by atomic mass is 10.0. The summed E-state index contributed by atoms with van der Waals surface area (Å²) >= 11 is 3.53. The molecule has 1 unspecified atom stereocenters. The Labute approximate surface area is 133 Å². The average Bonchev–Trinajstić information content (AvgIpc) is 2.84. The Morgan fingerprint density at radius 3 is 2.86 bits per heavy atom. The summed E-state index contributed by atoms with van der Waals surface area (Å²) < 4.78 is 6.52. The van der Waals surface area contributed by atoms with Gasteiger partial charge in [0.25, 0.3) is 0 Å². The zero-order chi connectivity index (χ0) is 15.2. The highest BCUT2D eigenvalue weighted by atomic mass is 79.9. The molecule has 3 rings (SSSR count). The predicted octanol–water partition coefficient (Wildman–Crippen LogP) is 4.38. The molecule has 0 spiro atoms. The summed E-state index contributed by atoms with van der Waals surface area (Å²) in [6.07, 6.45) is 2.38. The molecule has 1 heterocycles. The van der Waals surface area contributed by atoms with Crippen LogP contribution in [0.4, 0.5) is 0 Å². The molecule has 1 aromatic carbocycles. The van der Waals surface area contributed by atoms with Crippen molar-refractivity contribution in [2.24, 2.45) is 5.92 Å². The van der Waals surface area contributed by atoms with Crippen LogP contribution in [0, 0.1) is 5.92 Å².